The Hall–Kier alpha value is -2.21. The Bertz CT molecular complexity index is 566. The van der Waals surface area contributed by atoms with Gasteiger partial charge in [-0.3, -0.25) is 9.78 Å². The maximum atomic E-state index is 12.0. The van der Waals surface area contributed by atoms with Gasteiger partial charge in [0.15, 0.2) is 5.69 Å². The molecule has 2 heterocycles. The Balaban J connectivity index is 2.03. The van der Waals surface area contributed by atoms with E-state index in [4.69, 9.17) is 10.2 Å². The van der Waals surface area contributed by atoms with E-state index in [1.807, 2.05) is 0 Å². The van der Waals surface area contributed by atoms with Crippen molar-refractivity contribution < 1.29 is 9.21 Å². The summed E-state index contributed by atoms with van der Waals surface area (Å²) in [7, 11) is 0. The van der Waals surface area contributed by atoms with Crippen LogP contribution in [0.5, 0.6) is 0 Å². The molecule has 1 unspecified atom stereocenters. The number of nitrogens with two attached hydrogens (primary N) is 1. The van der Waals surface area contributed by atoms with Gasteiger partial charge in [0.05, 0.1) is 6.04 Å². The zero-order valence-electron chi connectivity index (χ0n) is 11.5. The fourth-order valence-electron chi connectivity index (χ4n) is 1.80. The zero-order chi connectivity index (χ0) is 14.5. The molecule has 2 aromatic heterocycles. The molecule has 2 aromatic rings. The third-order valence-corrected chi connectivity index (χ3v) is 2.74. The summed E-state index contributed by atoms with van der Waals surface area (Å²) in [5.74, 6) is 0.493. The fraction of sp³-hybridized carbons (Fsp3) is 0.357. The molecule has 3 N–H and O–H groups in total. The topological polar surface area (TPSA) is 94.0 Å². The first-order valence-electron chi connectivity index (χ1n) is 6.48. The molecule has 0 saturated heterocycles. The fourth-order valence-corrected chi connectivity index (χ4v) is 1.80. The van der Waals surface area contributed by atoms with Crippen molar-refractivity contribution >= 4 is 11.6 Å². The summed E-state index contributed by atoms with van der Waals surface area (Å²) in [5.41, 5.74) is 6.84. The van der Waals surface area contributed by atoms with E-state index in [0.717, 1.165) is 6.42 Å². The van der Waals surface area contributed by atoms with Crippen molar-refractivity contribution in [3.05, 3.63) is 42.4 Å². The van der Waals surface area contributed by atoms with Crippen molar-refractivity contribution in [3.63, 3.8) is 0 Å². The third-order valence-electron chi connectivity index (χ3n) is 2.74. The van der Waals surface area contributed by atoms with Crippen LogP contribution in [0.15, 0.2) is 35.2 Å². The van der Waals surface area contributed by atoms with Gasteiger partial charge in [0.2, 0.25) is 5.89 Å². The number of carbonyl (C=O) groups excluding carboxylic acids is 1. The summed E-state index contributed by atoms with van der Waals surface area (Å²) in [4.78, 5) is 20.0. The van der Waals surface area contributed by atoms with Crippen LogP contribution in [0.3, 0.4) is 0 Å². The second kappa shape index (κ2) is 6.29. The van der Waals surface area contributed by atoms with Crippen molar-refractivity contribution in [1.29, 1.82) is 0 Å². The van der Waals surface area contributed by atoms with Gasteiger partial charge in [-0.1, -0.05) is 13.8 Å². The number of hydrogen-bond acceptors (Lipinski definition) is 5. The highest BCUT2D eigenvalue weighted by atomic mass is 16.3. The van der Waals surface area contributed by atoms with Gasteiger partial charge in [0, 0.05) is 18.1 Å². The first-order valence-corrected chi connectivity index (χ1v) is 6.48. The van der Waals surface area contributed by atoms with E-state index >= 15 is 0 Å². The van der Waals surface area contributed by atoms with Gasteiger partial charge in [-0.25, -0.2) is 4.98 Å². The highest BCUT2D eigenvalue weighted by Gasteiger charge is 2.17. The lowest BCUT2D eigenvalue weighted by Crippen LogP contribution is -2.15. The van der Waals surface area contributed by atoms with Crippen LogP contribution in [0.25, 0.3) is 0 Å². The number of amides is 1. The quantitative estimate of drug-likeness (QED) is 0.872. The first-order chi connectivity index (χ1) is 9.56. The third kappa shape index (κ3) is 3.64. The molecule has 0 radical (unpaired) electrons. The highest BCUT2D eigenvalue weighted by molar-refractivity contribution is 6.02. The van der Waals surface area contributed by atoms with Crippen LogP contribution in [0.1, 0.15) is 42.7 Å². The predicted octanol–water partition coefficient (Wildman–Crippen LogP) is 2.37. The molecule has 0 fully saturated rings. The van der Waals surface area contributed by atoms with Crippen LogP contribution in [-0.2, 0) is 0 Å². The zero-order valence-corrected chi connectivity index (χ0v) is 11.5. The summed E-state index contributed by atoms with van der Waals surface area (Å²) in [6, 6.07) is 3.10. The van der Waals surface area contributed by atoms with Gasteiger partial charge in [-0.15, -0.1) is 0 Å². The molecule has 0 bridgehead atoms. The average Bonchev–Trinajstić information content (AvgIpc) is 2.89. The van der Waals surface area contributed by atoms with E-state index < -0.39 is 0 Å². The van der Waals surface area contributed by atoms with Gasteiger partial charge in [-0.05, 0) is 24.5 Å². The van der Waals surface area contributed by atoms with Gasteiger partial charge < -0.3 is 15.5 Å². The van der Waals surface area contributed by atoms with E-state index in [1.54, 1.807) is 24.5 Å². The molecule has 0 aliphatic heterocycles. The summed E-state index contributed by atoms with van der Waals surface area (Å²) < 4.78 is 5.28. The normalized spacial score (nSPS) is 12.4. The van der Waals surface area contributed by atoms with Crippen LogP contribution in [0, 0.1) is 5.92 Å². The lowest BCUT2D eigenvalue weighted by Gasteiger charge is -2.09. The minimum atomic E-state index is -0.331. The van der Waals surface area contributed by atoms with Crippen LogP contribution < -0.4 is 11.1 Å². The SMILES string of the molecule is CC(C)CC(N)c1nc(C(=O)Nc2ccncc2)co1. The number of aromatic nitrogens is 2. The Kier molecular flexibility index (Phi) is 4.47. The molecule has 1 amide bonds. The molecule has 0 saturated carbocycles. The molecule has 0 aliphatic rings. The molecule has 0 spiro atoms. The Morgan fingerprint density at radius 3 is 2.75 bits per heavy atom. The number of carbonyl (C=O) groups is 1. The van der Waals surface area contributed by atoms with Crippen molar-refractivity contribution in [1.82, 2.24) is 9.97 Å². The molecular weight excluding hydrogens is 256 g/mol. The van der Waals surface area contributed by atoms with E-state index in [1.165, 1.54) is 6.26 Å². The maximum absolute atomic E-state index is 12.0. The monoisotopic (exact) mass is 274 g/mol. The number of oxazole rings is 1. The molecule has 0 aromatic carbocycles. The Morgan fingerprint density at radius 2 is 2.10 bits per heavy atom. The summed E-state index contributed by atoms with van der Waals surface area (Å²) >= 11 is 0. The molecule has 106 valence electrons. The molecule has 20 heavy (non-hydrogen) atoms. The van der Waals surface area contributed by atoms with E-state index in [-0.39, 0.29) is 17.6 Å². The van der Waals surface area contributed by atoms with Gasteiger partial charge in [0.25, 0.3) is 5.91 Å². The van der Waals surface area contributed by atoms with Crippen molar-refractivity contribution in [2.45, 2.75) is 26.3 Å². The molecule has 2 rings (SSSR count). The first kappa shape index (κ1) is 14.2. The number of anilines is 1. The highest BCUT2D eigenvalue weighted by Crippen LogP contribution is 2.18. The number of rotatable bonds is 5. The number of pyridine rings is 1. The summed E-state index contributed by atoms with van der Waals surface area (Å²) in [6.07, 6.45) is 5.28. The minimum Gasteiger partial charge on any atom is -0.446 e. The second-order valence-corrected chi connectivity index (χ2v) is 5.00. The molecule has 6 heteroatoms. The maximum Gasteiger partial charge on any atom is 0.277 e. The lowest BCUT2D eigenvalue weighted by atomic mass is 10.0. The summed E-state index contributed by atoms with van der Waals surface area (Å²) in [5, 5.41) is 2.71. The second-order valence-electron chi connectivity index (χ2n) is 5.00. The lowest BCUT2D eigenvalue weighted by molar-refractivity contribution is 0.102. The standard InChI is InChI=1S/C14H18N4O2/c1-9(2)7-11(15)14-18-12(8-20-14)13(19)17-10-3-5-16-6-4-10/h3-6,8-9,11H,7,15H2,1-2H3,(H,16,17,19). The Labute approximate surface area is 117 Å². The molecule has 6 nitrogen and oxygen atoms in total. The average molecular weight is 274 g/mol. The van der Waals surface area contributed by atoms with Crippen LogP contribution in [-0.4, -0.2) is 15.9 Å². The number of hydrogen-bond donors (Lipinski definition) is 2. The molecule has 0 aliphatic carbocycles. The van der Waals surface area contributed by atoms with Crippen LogP contribution in [0.4, 0.5) is 5.69 Å². The van der Waals surface area contributed by atoms with Crippen molar-refractivity contribution in [2.75, 3.05) is 5.32 Å². The Morgan fingerprint density at radius 1 is 1.40 bits per heavy atom. The van der Waals surface area contributed by atoms with E-state index in [2.05, 4.69) is 29.1 Å². The largest absolute Gasteiger partial charge is 0.446 e. The summed E-state index contributed by atoms with van der Waals surface area (Å²) in [6.45, 7) is 4.14. The molecular formula is C14H18N4O2. The van der Waals surface area contributed by atoms with Crippen molar-refractivity contribution in [2.24, 2.45) is 11.7 Å². The van der Waals surface area contributed by atoms with Gasteiger partial charge in [-0.2, -0.15) is 0 Å². The number of nitrogens with one attached hydrogen (secondary N) is 1. The van der Waals surface area contributed by atoms with Crippen molar-refractivity contribution in [3.8, 4) is 0 Å². The van der Waals surface area contributed by atoms with Crippen LogP contribution >= 0.6 is 0 Å². The van der Waals surface area contributed by atoms with Gasteiger partial charge >= 0.3 is 0 Å². The predicted molar refractivity (Wildman–Crippen MR) is 75.1 cm³/mol. The minimum absolute atomic E-state index is 0.219. The smallest absolute Gasteiger partial charge is 0.277 e. The van der Waals surface area contributed by atoms with E-state index in [0.29, 0.717) is 17.5 Å². The van der Waals surface area contributed by atoms with Gasteiger partial charge in [0.1, 0.15) is 6.26 Å². The van der Waals surface area contributed by atoms with E-state index in [9.17, 15) is 4.79 Å². The number of nitrogens with zero attached hydrogens (tertiary/aromatic N) is 2. The molecule has 1 atom stereocenters. The van der Waals surface area contributed by atoms with Crippen LogP contribution in [0.2, 0.25) is 0 Å².